The van der Waals surface area contributed by atoms with Crippen molar-refractivity contribution < 1.29 is 23.7 Å². The first-order valence-corrected chi connectivity index (χ1v) is 7.99. The highest BCUT2D eigenvalue weighted by Gasteiger charge is 2.41. The van der Waals surface area contributed by atoms with Crippen molar-refractivity contribution in [1.82, 2.24) is 4.90 Å². The predicted molar refractivity (Wildman–Crippen MR) is 91.2 cm³/mol. The largest absolute Gasteiger partial charge is 0.497 e. The zero-order chi connectivity index (χ0) is 17.7. The molecule has 6 heteroatoms. The maximum atomic E-state index is 12.6. The minimum atomic E-state index is -0.120. The Morgan fingerprint density at radius 1 is 1.04 bits per heavy atom. The number of likely N-dealkylation sites (N-methyl/N-ethyl adjacent to an activating group) is 1. The van der Waals surface area contributed by atoms with Crippen molar-refractivity contribution in [3.8, 4) is 28.7 Å². The number of hydrogen-bond donors (Lipinski definition) is 0. The molecule has 2 aromatic carbocycles. The Hall–Kier alpha value is -2.89. The van der Waals surface area contributed by atoms with Crippen molar-refractivity contribution >= 4 is 5.91 Å². The number of carbonyl (C=O) groups is 1. The molecule has 1 atom stereocenters. The molecule has 0 spiro atoms. The van der Waals surface area contributed by atoms with E-state index in [2.05, 4.69) is 0 Å². The topological polar surface area (TPSA) is 57.2 Å². The molecule has 0 radical (unpaired) electrons. The van der Waals surface area contributed by atoms with E-state index in [0.29, 0.717) is 40.7 Å². The van der Waals surface area contributed by atoms with Crippen LogP contribution in [0.2, 0.25) is 0 Å². The summed E-state index contributed by atoms with van der Waals surface area (Å²) in [6, 6.07) is 7.16. The van der Waals surface area contributed by atoms with Crippen LogP contribution in [0, 0.1) is 0 Å². The van der Waals surface area contributed by atoms with Gasteiger partial charge in [0.1, 0.15) is 5.75 Å². The second-order valence-corrected chi connectivity index (χ2v) is 6.11. The van der Waals surface area contributed by atoms with Gasteiger partial charge in [0.2, 0.25) is 0 Å². The number of nitrogens with zero attached hydrogens (tertiary/aromatic N) is 1. The number of ether oxygens (including phenoxy) is 4. The van der Waals surface area contributed by atoms with E-state index in [1.165, 1.54) is 0 Å². The molecule has 0 N–H and O–H groups in total. The minimum Gasteiger partial charge on any atom is -0.497 e. The summed E-state index contributed by atoms with van der Waals surface area (Å²) in [6.45, 7) is 0. The number of fused-ring (bicyclic) bond motifs is 1. The zero-order valence-electron chi connectivity index (χ0n) is 14.6. The van der Waals surface area contributed by atoms with Gasteiger partial charge in [0.25, 0.3) is 5.91 Å². The van der Waals surface area contributed by atoms with Gasteiger partial charge in [-0.1, -0.05) is 0 Å². The summed E-state index contributed by atoms with van der Waals surface area (Å²) in [5, 5.41) is 0. The lowest BCUT2D eigenvalue weighted by molar-refractivity contribution is 0.0774. The molecule has 2 aliphatic heterocycles. The Morgan fingerprint density at radius 2 is 1.80 bits per heavy atom. The Morgan fingerprint density at radius 3 is 2.48 bits per heavy atom. The highest BCUT2D eigenvalue weighted by Crippen LogP contribution is 2.52. The fraction of sp³-hybridized carbons (Fsp3) is 0.316. The van der Waals surface area contributed by atoms with Crippen LogP contribution in [0.1, 0.15) is 27.5 Å². The first-order valence-electron chi connectivity index (χ1n) is 7.99. The quantitative estimate of drug-likeness (QED) is 0.858. The molecule has 1 unspecified atom stereocenters. The summed E-state index contributed by atoms with van der Waals surface area (Å²) in [7, 11) is 6.61. The maximum absolute atomic E-state index is 12.6. The number of methoxy groups -OCH3 is 3. The summed E-state index contributed by atoms with van der Waals surface area (Å²) >= 11 is 0. The van der Waals surface area contributed by atoms with E-state index in [9.17, 15) is 4.79 Å². The standard InChI is InChI=1S/C19H19NO5/c1-20-13-8-10-7-11(22-2)9-15(24-4)17(10)25-18-14(23-3)6-5-12(16(13)18)19(20)21/h5-7,9,13H,8H2,1-4H3. The SMILES string of the molecule is COc1cc2c(c(OC)c1)Oc1c(OC)ccc3c1C(C2)N(C)C3=O. The van der Waals surface area contributed by atoms with Crippen LogP contribution in [0.3, 0.4) is 0 Å². The van der Waals surface area contributed by atoms with Gasteiger partial charge in [-0.15, -0.1) is 0 Å². The Bertz CT molecular complexity index is 877. The van der Waals surface area contributed by atoms with Crippen LogP contribution >= 0.6 is 0 Å². The molecular formula is C19H19NO5. The second kappa shape index (κ2) is 5.58. The van der Waals surface area contributed by atoms with Gasteiger partial charge in [0.15, 0.2) is 23.0 Å². The zero-order valence-corrected chi connectivity index (χ0v) is 14.6. The molecule has 130 valence electrons. The van der Waals surface area contributed by atoms with E-state index in [0.717, 1.165) is 11.1 Å². The summed E-state index contributed by atoms with van der Waals surface area (Å²) in [4.78, 5) is 14.3. The van der Waals surface area contributed by atoms with Crippen molar-refractivity contribution in [2.45, 2.75) is 12.5 Å². The lowest BCUT2D eigenvalue weighted by Crippen LogP contribution is -2.24. The van der Waals surface area contributed by atoms with Gasteiger partial charge >= 0.3 is 0 Å². The van der Waals surface area contributed by atoms with Crippen LogP contribution in [-0.2, 0) is 6.42 Å². The smallest absolute Gasteiger partial charge is 0.254 e. The third kappa shape index (κ3) is 2.13. The molecule has 2 heterocycles. The highest BCUT2D eigenvalue weighted by atomic mass is 16.5. The Labute approximate surface area is 145 Å². The van der Waals surface area contributed by atoms with E-state index in [4.69, 9.17) is 18.9 Å². The maximum Gasteiger partial charge on any atom is 0.254 e. The van der Waals surface area contributed by atoms with Gasteiger partial charge in [0, 0.05) is 36.2 Å². The molecule has 0 saturated carbocycles. The van der Waals surface area contributed by atoms with E-state index >= 15 is 0 Å². The Kier molecular flexibility index (Phi) is 3.49. The van der Waals surface area contributed by atoms with Crippen molar-refractivity contribution in [2.75, 3.05) is 28.4 Å². The monoisotopic (exact) mass is 341 g/mol. The van der Waals surface area contributed by atoms with Crippen LogP contribution in [0.25, 0.3) is 0 Å². The molecule has 25 heavy (non-hydrogen) atoms. The van der Waals surface area contributed by atoms with E-state index < -0.39 is 0 Å². The molecule has 4 rings (SSSR count). The first kappa shape index (κ1) is 15.6. The molecular weight excluding hydrogens is 322 g/mol. The van der Waals surface area contributed by atoms with Crippen LogP contribution in [-0.4, -0.2) is 39.2 Å². The van der Waals surface area contributed by atoms with Crippen molar-refractivity contribution in [3.05, 3.63) is 41.0 Å². The average molecular weight is 341 g/mol. The molecule has 0 aliphatic carbocycles. The molecule has 0 fully saturated rings. The summed E-state index contributed by atoms with van der Waals surface area (Å²) in [6.07, 6.45) is 0.609. The highest BCUT2D eigenvalue weighted by molar-refractivity contribution is 6.00. The van der Waals surface area contributed by atoms with Crippen LogP contribution in [0.5, 0.6) is 28.7 Å². The predicted octanol–water partition coefficient (Wildman–Crippen LogP) is 3.19. The molecule has 0 aromatic heterocycles. The average Bonchev–Trinajstić information content (AvgIpc) is 2.79. The van der Waals surface area contributed by atoms with Gasteiger partial charge in [0.05, 0.1) is 27.4 Å². The van der Waals surface area contributed by atoms with Gasteiger partial charge in [-0.3, -0.25) is 4.79 Å². The number of amides is 1. The van der Waals surface area contributed by atoms with Crippen LogP contribution in [0.4, 0.5) is 0 Å². The van der Waals surface area contributed by atoms with Gasteiger partial charge in [-0.25, -0.2) is 0 Å². The first-order chi connectivity index (χ1) is 12.1. The number of benzene rings is 2. The van der Waals surface area contributed by atoms with E-state index in [1.807, 2.05) is 13.1 Å². The molecule has 0 bridgehead atoms. The van der Waals surface area contributed by atoms with Gasteiger partial charge in [-0.2, -0.15) is 0 Å². The van der Waals surface area contributed by atoms with Crippen molar-refractivity contribution in [2.24, 2.45) is 0 Å². The normalized spacial score (nSPS) is 17.4. The van der Waals surface area contributed by atoms with Gasteiger partial charge < -0.3 is 23.8 Å². The lowest BCUT2D eigenvalue weighted by atomic mass is 9.97. The van der Waals surface area contributed by atoms with E-state index in [-0.39, 0.29) is 11.9 Å². The fourth-order valence-electron chi connectivity index (χ4n) is 3.61. The number of rotatable bonds is 3. The summed E-state index contributed by atoms with van der Waals surface area (Å²) < 4.78 is 22.6. The number of carbonyl (C=O) groups excluding carboxylic acids is 1. The van der Waals surface area contributed by atoms with Crippen molar-refractivity contribution in [1.29, 1.82) is 0 Å². The molecule has 6 nitrogen and oxygen atoms in total. The second-order valence-electron chi connectivity index (χ2n) is 6.11. The minimum absolute atomic E-state index is 0.00851. The molecule has 2 aromatic rings. The lowest BCUT2D eigenvalue weighted by Gasteiger charge is -2.20. The van der Waals surface area contributed by atoms with E-state index in [1.54, 1.807) is 44.4 Å². The van der Waals surface area contributed by atoms with Crippen molar-refractivity contribution in [3.63, 3.8) is 0 Å². The fourth-order valence-corrected chi connectivity index (χ4v) is 3.61. The molecule has 0 saturated heterocycles. The number of hydrogen-bond acceptors (Lipinski definition) is 5. The molecule has 1 amide bonds. The summed E-state index contributed by atoms with van der Waals surface area (Å²) in [5.74, 6) is 3.06. The molecule has 2 aliphatic rings. The van der Waals surface area contributed by atoms with Crippen LogP contribution in [0.15, 0.2) is 24.3 Å². The van der Waals surface area contributed by atoms with Gasteiger partial charge in [-0.05, 0) is 18.2 Å². The third-order valence-corrected chi connectivity index (χ3v) is 4.91. The Balaban J connectivity index is 1.98. The van der Waals surface area contributed by atoms with Crippen LogP contribution < -0.4 is 18.9 Å². The summed E-state index contributed by atoms with van der Waals surface area (Å²) in [5.41, 5.74) is 2.44. The third-order valence-electron chi connectivity index (χ3n) is 4.91.